The van der Waals surface area contributed by atoms with E-state index in [9.17, 15) is 14.0 Å². The van der Waals surface area contributed by atoms with Crippen molar-refractivity contribution in [2.24, 2.45) is 5.92 Å². The summed E-state index contributed by atoms with van der Waals surface area (Å²) in [5.74, 6) is -0.842. The first-order chi connectivity index (χ1) is 12.0. The first-order valence-corrected chi connectivity index (χ1v) is 8.44. The van der Waals surface area contributed by atoms with Gasteiger partial charge in [0.25, 0.3) is 5.91 Å². The minimum Gasteiger partial charge on any atom is -0.359 e. The lowest BCUT2D eigenvalue weighted by atomic mass is 10.0. The smallest absolute Gasteiger partial charge is 0.254 e. The zero-order chi connectivity index (χ0) is 18.0. The molecule has 0 aliphatic carbocycles. The number of nitrogens with one attached hydrogen (secondary N) is 1. The van der Waals surface area contributed by atoms with Crippen LogP contribution in [0.1, 0.15) is 22.5 Å². The number of amides is 2. The van der Waals surface area contributed by atoms with Crippen LogP contribution in [0.5, 0.6) is 0 Å². The van der Waals surface area contributed by atoms with E-state index in [0.717, 1.165) is 5.69 Å². The second-order valence-corrected chi connectivity index (χ2v) is 6.62. The van der Waals surface area contributed by atoms with Crippen molar-refractivity contribution in [3.63, 3.8) is 0 Å². The Bertz CT molecular complexity index is 805. The molecule has 1 N–H and O–H groups in total. The monoisotopic (exact) mass is 363 g/mol. The van der Waals surface area contributed by atoms with Crippen molar-refractivity contribution in [2.75, 3.05) is 13.6 Å². The molecule has 25 heavy (non-hydrogen) atoms. The zero-order valence-electron chi connectivity index (χ0n) is 13.8. The minimum atomic E-state index is -0.555. The van der Waals surface area contributed by atoms with Gasteiger partial charge < -0.3 is 14.8 Å². The SMILES string of the molecule is CNC(=O)C[C@H]1CN(C(=O)c2ccc(F)c(Cl)c2)Cc2cccn2C1. The first-order valence-electron chi connectivity index (χ1n) is 8.07. The average Bonchev–Trinajstić information content (AvgIpc) is 2.95. The molecule has 7 heteroatoms. The normalized spacial score (nSPS) is 16.9. The highest BCUT2D eigenvalue weighted by Crippen LogP contribution is 2.23. The van der Waals surface area contributed by atoms with Crippen molar-refractivity contribution in [3.05, 3.63) is 58.6 Å². The van der Waals surface area contributed by atoms with E-state index < -0.39 is 5.82 Å². The summed E-state index contributed by atoms with van der Waals surface area (Å²) in [6.45, 7) is 1.55. The van der Waals surface area contributed by atoms with Gasteiger partial charge in [0.05, 0.1) is 11.6 Å². The molecule has 1 aliphatic rings. The minimum absolute atomic E-state index is 0.00605. The molecule has 5 nitrogen and oxygen atoms in total. The van der Waals surface area contributed by atoms with Gasteiger partial charge in [0.2, 0.25) is 5.91 Å². The van der Waals surface area contributed by atoms with Crippen LogP contribution < -0.4 is 5.32 Å². The second-order valence-electron chi connectivity index (χ2n) is 6.21. The van der Waals surface area contributed by atoms with Crippen LogP contribution in [0.15, 0.2) is 36.5 Å². The lowest BCUT2D eigenvalue weighted by Crippen LogP contribution is -2.35. The van der Waals surface area contributed by atoms with E-state index in [-0.39, 0.29) is 22.8 Å². The number of nitrogens with zero attached hydrogens (tertiary/aromatic N) is 2. The largest absolute Gasteiger partial charge is 0.359 e. The molecule has 0 unspecified atom stereocenters. The number of benzene rings is 1. The van der Waals surface area contributed by atoms with Crippen molar-refractivity contribution >= 4 is 23.4 Å². The van der Waals surface area contributed by atoms with Gasteiger partial charge >= 0.3 is 0 Å². The van der Waals surface area contributed by atoms with Gasteiger partial charge in [-0.25, -0.2) is 4.39 Å². The van der Waals surface area contributed by atoms with Crippen molar-refractivity contribution in [2.45, 2.75) is 19.5 Å². The highest BCUT2D eigenvalue weighted by Gasteiger charge is 2.27. The van der Waals surface area contributed by atoms with Crippen molar-refractivity contribution < 1.29 is 14.0 Å². The third-order valence-corrected chi connectivity index (χ3v) is 4.71. The van der Waals surface area contributed by atoms with E-state index in [1.54, 1.807) is 11.9 Å². The molecule has 2 heterocycles. The van der Waals surface area contributed by atoms with E-state index in [2.05, 4.69) is 9.88 Å². The number of aromatic nitrogens is 1. The van der Waals surface area contributed by atoms with Crippen LogP contribution in [0.4, 0.5) is 4.39 Å². The second kappa shape index (κ2) is 7.27. The molecule has 1 aliphatic heterocycles. The number of hydrogen-bond acceptors (Lipinski definition) is 2. The predicted octanol–water partition coefficient (Wildman–Crippen LogP) is 2.69. The number of halogens is 2. The first kappa shape index (κ1) is 17.5. The molecular weight excluding hydrogens is 345 g/mol. The fourth-order valence-electron chi connectivity index (χ4n) is 3.14. The summed E-state index contributed by atoms with van der Waals surface area (Å²) >= 11 is 5.81. The van der Waals surface area contributed by atoms with Gasteiger partial charge in [-0.3, -0.25) is 9.59 Å². The third-order valence-electron chi connectivity index (χ3n) is 4.42. The molecule has 2 aromatic rings. The Labute approximate surface area is 150 Å². The predicted molar refractivity (Wildman–Crippen MR) is 92.8 cm³/mol. The van der Waals surface area contributed by atoms with Crippen LogP contribution >= 0.6 is 11.6 Å². The molecule has 0 radical (unpaired) electrons. The molecule has 0 bridgehead atoms. The summed E-state index contributed by atoms with van der Waals surface area (Å²) in [6, 6.07) is 7.85. The molecular formula is C18H19ClFN3O2. The summed E-state index contributed by atoms with van der Waals surface area (Å²) < 4.78 is 15.4. The van der Waals surface area contributed by atoms with E-state index >= 15 is 0 Å². The molecule has 1 aromatic carbocycles. The Hall–Kier alpha value is -2.34. The molecule has 1 aromatic heterocycles. The number of carbonyl (C=O) groups excluding carboxylic acids is 2. The lowest BCUT2D eigenvalue weighted by molar-refractivity contribution is -0.121. The zero-order valence-corrected chi connectivity index (χ0v) is 14.6. The summed E-state index contributed by atoms with van der Waals surface area (Å²) in [6.07, 6.45) is 2.29. The standard InChI is InChI=1S/C18H19ClFN3O2/c1-21-17(24)7-12-9-22-6-2-3-14(22)11-23(10-12)18(25)13-4-5-16(20)15(19)8-13/h2-6,8,12H,7,9-11H2,1H3,(H,21,24)/t12-/m1/s1. The van der Waals surface area contributed by atoms with E-state index in [1.807, 2.05) is 18.3 Å². The molecule has 1 atom stereocenters. The number of hydrogen-bond donors (Lipinski definition) is 1. The summed E-state index contributed by atoms with van der Waals surface area (Å²) in [7, 11) is 1.60. The van der Waals surface area contributed by atoms with Gasteiger partial charge in [0, 0.05) is 49.9 Å². The Morgan fingerprint density at radius 2 is 2.12 bits per heavy atom. The topological polar surface area (TPSA) is 54.3 Å². The number of fused-ring (bicyclic) bond motifs is 1. The maximum Gasteiger partial charge on any atom is 0.254 e. The Kier molecular flexibility index (Phi) is 5.08. The van der Waals surface area contributed by atoms with Crippen LogP contribution in [-0.4, -0.2) is 34.9 Å². The summed E-state index contributed by atoms with van der Waals surface area (Å²) in [5, 5.41) is 2.55. The van der Waals surface area contributed by atoms with Crippen molar-refractivity contribution in [3.8, 4) is 0 Å². The fraction of sp³-hybridized carbons (Fsp3) is 0.333. The maximum atomic E-state index is 13.4. The van der Waals surface area contributed by atoms with E-state index in [1.165, 1.54) is 18.2 Å². The molecule has 0 saturated carbocycles. The Balaban J connectivity index is 1.87. The highest BCUT2D eigenvalue weighted by atomic mass is 35.5. The van der Waals surface area contributed by atoms with Crippen LogP contribution in [-0.2, 0) is 17.9 Å². The van der Waals surface area contributed by atoms with Gasteiger partial charge in [0.1, 0.15) is 5.82 Å². The molecule has 3 rings (SSSR count). The highest BCUT2D eigenvalue weighted by molar-refractivity contribution is 6.31. The lowest BCUT2D eigenvalue weighted by Gasteiger charge is -2.24. The Morgan fingerprint density at radius 1 is 1.32 bits per heavy atom. The van der Waals surface area contributed by atoms with Gasteiger partial charge in [0.15, 0.2) is 0 Å². The van der Waals surface area contributed by atoms with Gasteiger partial charge in [-0.1, -0.05) is 11.6 Å². The Morgan fingerprint density at radius 3 is 2.84 bits per heavy atom. The van der Waals surface area contributed by atoms with E-state index in [4.69, 9.17) is 11.6 Å². The van der Waals surface area contributed by atoms with Crippen LogP contribution in [0.3, 0.4) is 0 Å². The summed E-state index contributed by atoms with van der Waals surface area (Å²) in [5.41, 5.74) is 1.34. The quantitative estimate of drug-likeness (QED) is 0.911. The number of carbonyl (C=O) groups is 2. The molecule has 132 valence electrons. The van der Waals surface area contributed by atoms with Crippen LogP contribution in [0, 0.1) is 11.7 Å². The maximum absolute atomic E-state index is 13.4. The van der Waals surface area contributed by atoms with E-state index in [0.29, 0.717) is 31.6 Å². The summed E-state index contributed by atoms with van der Waals surface area (Å²) in [4.78, 5) is 26.4. The molecule has 0 spiro atoms. The number of rotatable bonds is 3. The molecule has 0 fully saturated rings. The average molecular weight is 364 g/mol. The molecule has 0 saturated heterocycles. The van der Waals surface area contributed by atoms with Gasteiger partial charge in [-0.15, -0.1) is 0 Å². The van der Waals surface area contributed by atoms with Crippen molar-refractivity contribution in [1.82, 2.24) is 14.8 Å². The molecule has 2 amide bonds. The van der Waals surface area contributed by atoms with Gasteiger partial charge in [-0.2, -0.15) is 0 Å². The fourth-order valence-corrected chi connectivity index (χ4v) is 3.32. The van der Waals surface area contributed by atoms with Gasteiger partial charge in [-0.05, 0) is 30.3 Å². The van der Waals surface area contributed by atoms with Crippen LogP contribution in [0.25, 0.3) is 0 Å². The van der Waals surface area contributed by atoms with Crippen LogP contribution in [0.2, 0.25) is 5.02 Å². The van der Waals surface area contributed by atoms with Crippen molar-refractivity contribution in [1.29, 1.82) is 0 Å². The third kappa shape index (κ3) is 3.85.